The molecule has 2 amide bonds. The van der Waals surface area contributed by atoms with Crippen molar-refractivity contribution < 1.29 is 14.7 Å². The molecule has 0 radical (unpaired) electrons. The fraction of sp³-hybridized carbons (Fsp3) is 0.867. The number of nitrogens with one attached hydrogen (secondary N) is 2. The topological polar surface area (TPSA) is 78.4 Å². The summed E-state index contributed by atoms with van der Waals surface area (Å²) in [6.45, 7) is 2.22. The molecule has 0 aromatic carbocycles. The molecule has 1 unspecified atom stereocenters. The van der Waals surface area contributed by atoms with Crippen LogP contribution < -0.4 is 10.6 Å². The molecule has 3 N–H and O–H groups in total. The molecular weight excluding hydrogens is 288 g/mol. The highest BCUT2D eigenvalue weighted by Gasteiger charge is 2.48. The van der Waals surface area contributed by atoms with Gasteiger partial charge in [-0.15, -0.1) is 0 Å². The number of amides is 2. The summed E-state index contributed by atoms with van der Waals surface area (Å²) in [7, 11) is 0. The molecule has 0 aliphatic heterocycles. The molecule has 0 heterocycles. The van der Waals surface area contributed by atoms with Crippen LogP contribution in [0.2, 0.25) is 0 Å². The van der Waals surface area contributed by atoms with Crippen LogP contribution in [0.3, 0.4) is 0 Å². The van der Waals surface area contributed by atoms with E-state index < -0.39 is 11.5 Å². The Bertz CT molecular complexity index is 406. The van der Waals surface area contributed by atoms with E-state index in [1.807, 2.05) is 11.8 Å². The zero-order chi connectivity index (χ0) is 15.5. The van der Waals surface area contributed by atoms with Gasteiger partial charge in [0.1, 0.15) is 5.54 Å². The summed E-state index contributed by atoms with van der Waals surface area (Å²) in [5.41, 5.74) is -1.14. The Morgan fingerprint density at radius 3 is 2.38 bits per heavy atom. The number of hydrogen-bond acceptors (Lipinski definition) is 3. The van der Waals surface area contributed by atoms with Crippen molar-refractivity contribution in [1.82, 2.24) is 10.6 Å². The number of rotatable bonds is 6. The van der Waals surface area contributed by atoms with E-state index in [0.717, 1.165) is 25.7 Å². The van der Waals surface area contributed by atoms with E-state index in [1.165, 1.54) is 19.3 Å². The van der Waals surface area contributed by atoms with Crippen LogP contribution >= 0.6 is 11.8 Å². The molecule has 2 fully saturated rings. The highest BCUT2D eigenvalue weighted by molar-refractivity contribution is 8.00. The second-order valence-electron chi connectivity index (χ2n) is 6.54. The molecule has 2 rings (SSSR count). The minimum Gasteiger partial charge on any atom is -0.480 e. The molecule has 120 valence electrons. The Balaban J connectivity index is 1.87. The summed E-state index contributed by atoms with van der Waals surface area (Å²) in [4.78, 5) is 23.5. The molecule has 2 aliphatic carbocycles. The van der Waals surface area contributed by atoms with E-state index in [4.69, 9.17) is 0 Å². The van der Waals surface area contributed by atoms with Gasteiger partial charge in [0.25, 0.3) is 0 Å². The van der Waals surface area contributed by atoms with Gasteiger partial charge in [-0.2, -0.15) is 11.8 Å². The predicted octanol–water partition coefficient (Wildman–Crippen LogP) is 2.60. The Morgan fingerprint density at radius 1 is 1.29 bits per heavy atom. The molecule has 0 aromatic rings. The first kappa shape index (κ1) is 16.5. The van der Waals surface area contributed by atoms with Gasteiger partial charge < -0.3 is 15.7 Å². The third-order valence-corrected chi connectivity index (χ3v) is 6.40. The summed E-state index contributed by atoms with van der Waals surface area (Å²) in [5.74, 6) is -0.887. The molecule has 5 nitrogen and oxygen atoms in total. The lowest BCUT2D eigenvalue weighted by atomic mass is 9.88. The van der Waals surface area contributed by atoms with Gasteiger partial charge in [0.15, 0.2) is 0 Å². The Labute approximate surface area is 130 Å². The molecule has 2 saturated carbocycles. The second-order valence-corrected chi connectivity index (χ2v) is 7.81. The quantitative estimate of drug-likeness (QED) is 0.704. The summed E-state index contributed by atoms with van der Waals surface area (Å²) >= 11 is 1.82. The van der Waals surface area contributed by atoms with Crippen molar-refractivity contribution in [1.29, 1.82) is 0 Å². The number of carbonyl (C=O) groups is 2. The van der Waals surface area contributed by atoms with Crippen molar-refractivity contribution in [2.45, 2.75) is 62.2 Å². The molecule has 1 atom stereocenters. The first-order valence-electron chi connectivity index (χ1n) is 7.76. The number of carbonyl (C=O) groups excluding carboxylic acids is 1. The lowest BCUT2D eigenvalue weighted by Crippen LogP contribution is -2.58. The minimum absolute atomic E-state index is 0.0601. The molecule has 0 saturated heterocycles. The number of hydrogen-bond donors (Lipinski definition) is 3. The Morgan fingerprint density at radius 2 is 1.90 bits per heavy atom. The van der Waals surface area contributed by atoms with Crippen LogP contribution in [-0.2, 0) is 4.79 Å². The van der Waals surface area contributed by atoms with Crippen molar-refractivity contribution in [3.8, 4) is 0 Å². The van der Waals surface area contributed by atoms with Crippen molar-refractivity contribution >= 4 is 23.8 Å². The fourth-order valence-corrected chi connectivity index (χ4v) is 4.07. The van der Waals surface area contributed by atoms with Gasteiger partial charge in [-0.3, -0.25) is 0 Å². The van der Waals surface area contributed by atoms with Gasteiger partial charge in [0.2, 0.25) is 0 Å². The maximum atomic E-state index is 12.1. The summed E-state index contributed by atoms with van der Waals surface area (Å²) in [6.07, 6.45) is 9.76. The van der Waals surface area contributed by atoms with E-state index >= 15 is 0 Å². The maximum Gasteiger partial charge on any atom is 0.329 e. The first-order chi connectivity index (χ1) is 9.92. The average molecular weight is 314 g/mol. The number of thioether (sulfide) groups is 1. The largest absolute Gasteiger partial charge is 0.480 e. The number of carboxylic acid groups (broad SMARTS) is 1. The lowest BCUT2D eigenvalue weighted by Gasteiger charge is -2.36. The van der Waals surface area contributed by atoms with Gasteiger partial charge in [0.05, 0.1) is 0 Å². The van der Waals surface area contributed by atoms with Gasteiger partial charge in [-0.1, -0.05) is 19.3 Å². The third kappa shape index (κ3) is 3.84. The van der Waals surface area contributed by atoms with Crippen molar-refractivity contribution in [2.75, 3.05) is 12.8 Å². The van der Waals surface area contributed by atoms with Crippen molar-refractivity contribution in [3.05, 3.63) is 0 Å². The lowest BCUT2D eigenvalue weighted by molar-refractivity contribution is -0.144. The van der Waals surface area contributed by atoms with Gasteiger partial charge in [0, 0.05) is 11.3 Å². The van der Waals surface area contributed by atoms with Gasteiger partial charge in [-0.25, -0.2) is 9.59 Å². The summed E-state index contributed by atoms with van der Waals surface area (Å²) < 4.78 is 0.120. The fourth-order valence-electron chi connectivity index (χ4n) is 3.16. The smallest absolute Gasteiger partial charge is 0.329 e. The molecular formula is C15H26N2O3S. The molecule has 0 aromatic heterocycles. The van der Waals surface area contributed by atoms with Crippen molar-refractivity contribution in [3.63, 3.8) is 0 Å². The van der Waals surface area contributed by atoms with Gasteiger partial charge >= 0.3 is 12.0 Å². The standard InChI is InChI=1S/C15H26N2O3S/c1-14(12(18)19,11-6-7-11)17-13(20)16-10-15(21-2)8-4-3-5-9-15/h11H,3-10H2,1-2H3,(H,18,19)(H2,16,17,20). The van der Waals surface area contributed by atoms with Crippen LogP contribution in [0.4, 0.5) is 4.79 Å². The molecule has 0 spiro atoms. The zero-order valence-corrected chi connectivity index (χ0v) is 13.7. The average Bonchev–Trinajstić information content (AvgIpc) is 3.31. The summed E-state index contributed by atoms with van der Waals surface area (Å²) in [5, 5.41) is 14.9. The van der Waals surface area contributed by atoms with Crippen LogP contribution in [0.25, 0.3) is 0 Å². The zero-order valence-electron chi connectivity index (χ0n) is 12.9. The monoisotopic (exact) mass is 314 g/mol. The second kappa shape index (κ2) is 6.46. The van der Waals surface area contributed by atoms with Crippen LogP contribution in [0.15, 0.2) is 0 Å². The van der Waals surface area contributed by atoms with Crippen molar-refractivity contribution in [2.24, 2.45) is 5.92 Å². The Kier molecular flexibility index (Phi) is 5.07. The molecule has 2 aliphatic rings. The van der Waals surface area contributed by atoms with E-state index in [2.05, 4.69) is 16.9 Å². The first-order valence-corrected chi connectivity index (χ1v) is 8.99. The maximum absolute atomic E-state index is 12.1. The van der Waals surface area contributed by atoms with Crippen LogP contribution in [0.1, 0.15) is 51.9 Å². The number of aliphatic carboxylic acids is 1. The predicted molar refractivity (Wildman–Crippen MR) is 84.6 cm³/mol. The summed E-state index contributed by atoms with van der Waals surface area (Å²) in [6, 6.07) is -0.356. The Hall–Kier alpha value is -0.910. The number of urea groups is 1. The highest BCUT2D eigenvalue weighted by atomic mass is 32.2. The molecule has 0 bridgehead atoms. The normalized spacial score (nSPS) is 23.9. The van der Waals surface area contributed by atoms with E-state index in [0.29, 0.717) is 6.54 Å². The molecule has 6 heteroatoms. The van der Waals surface area contributed by atoms with E-state index in [9.17, 15) is 14.7 Å². The highest BCUT2D eigenvalue weighted by Crippen LogP contribution is 2.40. The number of carboxylic acids is 1. The van der Waals surface area contributed by atoms with E-state index in [-0.39, 0.29) is 16.7 Å². The van der Waals surface area contributed by atoms with E-state index in [1.54, 1.807) is 6.92 Å². The van der Waals surface area contributed by atoms with Crippen LogP contribution in [-0.4, -0.2) is 40.2 Å². The van der Waals surface area contributed by atoms with Crippen LogP contribution in [0.5, 0.6) is 0 Å². The third-order valence-electron chi connectivity index (χ3n) is 4.98. The minimum atomic E-state index is -1.14. The molecule has 21 heavy (non-hydrogen) atoms. The van der Waals surface area contributed by atoms with Gasteiger partial charge in [-0.05, 0) is 44.8 Å². The van der Waals surface area contributed by atoms with Crippen LogP contribution in [0, 0.1) is 5.92 Å². The SMILES string of the molecule is CSC1(CNC(=O)NC(C)(C(=O)O)C2CC2)CCCCC1.